The fraction of sp³-hybridized carbons (Fsp3) is 0.160. The Bertz CT molecular complexity index is 1210. The number of hydrogen-bond donors (Lipinski definition) is 2. The molecule has 32 heavy (non-hydrogen) atoms. The number of carbonyl (C=O) groups excluding carboxylic acids is 3. The third kappa shape index (κ3) is 3.80. The molecule has 0 saturated heterocycles. The van der Waals surface area contributed by atoms with Crippen molar-refractivity contribution in [3.05, 3.63) is 95.1 Å². The van der Waals surface area contributed by atoms with Crippen molar-refractivity contribution in [1.29, 1.82) is 0 Å². The second kappa shape index (κ2) is 8.55. The lowest BCUT2D eigenvalue weighted by molar-refractivity contribution is -0.117. The summed E-state index contributed by atoms with van der Waals surface area (Å²) in [6.45, 7) is 3.42. The SMILES string of the molecule is CCc1ccc(C2C(C(=O)c3ccco3)=C(O)C(=O)N2c2cccc(NC(C)=O)c2)cc1. The highest BCUT2D eigenvalue weighted by Crippen LogP contribution is 2.42. The fourth-order valence-corrected chi connectivity index (χ4v) is 3.83. The second-order valence-corrected chi connectivity index (χ2v) is 7.47. The number of hydrogen-bond acceptors (Lipinski definition) is 5. The molecule has 0 saturated carbocycles. The summed E-state index contributed by atoms with van der Waals surface area (Å²) in [6, 6.07) is 16.4. The number of ketones is 1. The van der Waals surface area contributed by atoms with Crippen LogP contribution in [-0.2, 0) is 16.0 Å². The molecule has 2 N–H and O–H groups in total. The van der Waals surface area contributed by atoms with Gasteiger partial charge in [-0.1, -0.05) is 37.3 Å². The lowest BCUT2D eigenvalue weighted by atomic mass is 9.94. The van der Waals surface area contributed by atoms with Crippen LogP contribution in [0.25, 0.3) is 0 Å². The molecule has 0 bridgehead atoms. The number of aliphatic hydroxyl groups is 1. The summed E-state index contributed by atoms with van der Waals surface area (Å²) < 4.78 is 5.24. The predicted molar refractivity (Wildman–Crippen MR) is 119 cm³/mol. The smallest absolute Gasteiger partial charge is 0.294 e. The van der Waals surface area contributed by atoms with E-state index in [2.05, 4.69) is 5.32 Å². The molecule has 162 valence electrons. The molecule has 0 radical (unpaired) electrons. The molecule has 1 aliphatic rings. The van der Waals surface area contributed by atoms with Crippen molar-refractivity contribution in [1.82, 2.24) is 0 Å². The van der Waals surface area contributed by atoms with E-state index < -0.39 is 23.5 Å². The van der Waals surface area contributed by atoms with Gasteiger partial charge in [-0.05, 0) is 47.9 Å². The molecule has 2 heterocycles. The molecule has 7 heteroatoms. The minimum absolute atomic E-state index is 0.0309. The number of benzene rings is 2. The van der Waals surface area contributed by atoms with Gasteiger partial charge in [0.05, 0.1) is 17.9 Å². The number of anilines is 2. The first kappa shape index (κ1) is 21.1. The molecule has 2 amide bonds. The number of carbonyl (C=O) groups is 3. The van der Waals surface area contributed by atoms with Gasteiger partial charge in [-0.15, -0.1) is 0 Å². The van der Waals surface area contributed by atoms with E-state index in [4.69, 9.17) is 4.42 Å². The highest BCUT2D eigenvalue weighted by atomic mass is 16.3. The maximum absolute atomic E-state index is 13.2. The first-order valence-corrected chi connectivity index (χ1v) is 10.2. The summed E-state index contributed by atoms with van der Waals surface area (Å²) in [6.07, 6.45) is 2.20. The third-order valence-corrected chi connectivity index (χ3v) is 5.35. The topological polar surface area (TPSA) is 99.8 Å². The number of aryl methyl sites for hydroxylation is 1. The standard InChI is InChI=1S/C25H22N2O5/c1-3-16-9-11-17(12-10-16)22-21(23(29)20-8-5-13-32-20)24(30)25(31)27(22)19-7-4-6-18(14-19)26-15(2)28/h4-14,22,30H,3H2,1-2H3,(H,26,28). The van der Waals surface area contributed by atoms with Gasteiger partial charge in [0, 0.05) is 18.3 Å². The van der Waals surface area contributed by atoms with E-state index in [1.54, 1.807) is 30.3 Å². The average molecular weight is 430 g/mol. The largest absolute Gasteiger partial charge is 0.503 e. The van der Waals surface area contributed by atoms with E-state index in [1.807, 2.05) is 31.2 Å². The second-order valence-electron chi connectivity index (χ2n) is 7.47. The van der Waals surface area contributed by atoms with Gasteiger partial charge in [-0.2, -0.15) is 0 Å². The molecule has 2 aromatic carbocycles. The van der Waals surface area contributed by atoms with Crippen molar-refractivity contribution in [3.63, 3.8) is 0 Å². The van der Waals surface area contributed by atoms with Crippen LogP contribution in [0.15, 0.2) is 82.7 Å². The molecule has 1 aliphatic heterocycles. The van der Waals surface area contributed by atoms with E-state index >= 15 is 0 Å². The van der Waals surface area contributed by atoms with Gasteiger partial charge in [-0.3, -0.25) is 19.3 Å². The van der Waals surface area contributed by atoms with Crippen LogP contribution in [0.3, 0.4) is 0 Å². The number of Topliss-reactive ketones (excluding diaryl/α,β-unsaturated/α-hetero) is 1. The molecular formula is C25H22N2O5. The quantitative estimate of drug-likeness (QED) is 0.558. The molecule has 1 aromatic heterocycles. The van der Waals surface area contributed by atoms with E-state index in [0.29, 0.717) is 16.9 Å². The molecule has 3 aromatic rings. The molecular weight excluding hydrogens is 408 g/mol. The highest BCUT2D eigenvalue weighted by Gasteiger charge is 2.45. The Kier molecular flexibility index (Phi) is 5.64. The summed E-state index contributed by atoms with van der Waals surface area (Å²) in [5.74, 6) is -2.11. The van der Waals surface area contributed by atoms with Gasteiger partial charge in [0.1, 0.15) is 0 Å². The summed E-state index contributed by atoms with van der Waals surface area (Å²) in [5.41, 5.74) is 2.63. The molecule has 0 fully saturated rings. The number of furan rings is 1. The van der Waals surface area contributed by atoms with Crippen molar-refractivity contribution in [3.8, 4) is 0 Å². The van der Waals surface area contributed by atoms with E-state index in [9.17, 15) is 19.5 Å². The number of nitrogens with zero attached hydrogens (tertiary/aromatic N) is 1. The van der Waals surface area contributed by atoms with Crippen LogP contribution in [0.4, 0.5) is 11.4 Å². The Morgan fingerprint density at radius 3 is 2.47 bits per heavy atom. The Labute approximate surface area is 185 Å². The van der Waals surface area contributed by atoms with Crippen molar-refractivity contribution >= 4 is 29.0 Å². The normalized spacial score (nSPS) is 15.9. The van der Waals surface area contributed by atoms with Gasteiger partial charge >= 0.3 is 0 Å². The van der Waals surface area contributed by atoms with Crippen molar-refractivity contribution in [2.45, 2.75) is 26.3 Å². The van der Waals surface area contributed by atoms with Crippen LogP contribution >= 0.6 is 0 Å². The lowest BCUT2D eigenvalue weighted by Crippen LogP contribution is -2.31. The van der Waals surface area contributed by atoms with Crippen molar-refractivity contribution in [2.24, 2.45) is 0 Å². The molecule has 4 rings (SSSR count). The third-order valence-electron chi connectivity index (χ3n) is 5.35. The van der Waals surface area contributed by atoms with Gasteiger partial charge in [-0.25, -0.2) is 0 Å². The van der Waals surface area contributed by atoms with Gasteiger partial charge in [0.25, 0.3) is 5.91 Å². The monoisotopic (exact) mass is 430 g/mol. The highest BCUT2D eigenvalue weighted by molar-refractivity contribution is 6.20. The maximum Gasteiger partial charge on any atom is 0.294 e. The van der Waals surface area contributed by atoms with E-state index in [0.717, 1.165) is 12.0 Å². The number of nitrogens with one attached hydrogen (secondary N) is 1. The summed E-state index contributed by atoms with van der Waals surface area (Å²) in [7, 11) is 0. The van der Waals surface area contributed by atoms with E-state index in [1.165, 1.54) is 24.2 Å². The van der Waals surface area contributed by atoms with Gasteiger partial charge in [0.15, 0.2) is 11.5 Å². The average Bonchev–Trinajstić information content (AvgIpc) is 3.41. The van der Waals surface area contributed by atoms with Crippen LogP contribution < -0.4 is 10.2 Å². The fourth-order valence-electron chi connectivity index (χ4n) is 3.83. The number of amides is 2. The zero-order chi connectivity index (χ0) is 22.8. The minimum Gasteiger partial charge on any atom is -0.503 e. The minimum atomic E-state index is -0.862. The van der Waals surface area contributed by atoms with Crippen LogP contribution in [-0.4, -0.2) is 22.7 Å². The van der Waals surface area contributed by atoms with Crippen LogP contribution in [0, 0.1) is 0 Å². The molecule has 0 aliphatic carbocycles. The van der Waals surface area contributed by atoms with Gasteiger partial charge < -0.3 is 14.8 Å². The molecule has 1 atom stereocenters. The van der Waals surface area contributed by atoms with Crippen molar-refractivity contribution in [2.75, 3.05) is 10.2 Å². The Hall–Kier alpha value is -4.13. The molecule has 1 unspecified atom stereocenters. The predicted octanol–water partition coefficient (Wildman–Crippen LogP) is 4.58. The first-order valence-electron chi connectivity index (χ1n) is 10.2. The molecule has 7 nitrogen and oxygen atoms in total. The van der Waals surface area contributed by atoms with Crippen LogP contribution in [0.5, 0.6) is 0 Å². The maximum atomic E-state index is 13.2. The Balaban J connectivity index is 1.84. The number of aliphatic hydroxyl groups excluding tert-OH is 1. The van der Waals surface area contributed by atoms with Crippen LogP contribution in [0.2, 0.25) is 0 Å². The van der Waals surface area contributed by atoms with Crippen molar-refractivity contribution < 1.29 is 23.9 Å². The number of rotatable bonds is 6. The van der Waals surface area contributed by atoms with Gasteiger partial charge in [0.2, 0.25) is 11.7 Å². The zero-order valence-corrected chi connectivity index (χ0v) is 17.7. The zero-order valence-electron chi connectivity index (χ0n) is 17.7. The van der Waals surface area contributed by atoms with E-state index in [-0.39, 0.29) is 17.2 Å². The summed E-state index contributed by atoms with van der Waals surface area (Å²) in [5, 5.41) is 13.4. The lowest BCUT2D eigenvalue weighted by Gasteiger charge is -2.27. The summed E-state index contributed by atoms with van der Waals surface area (Å²) >= 11 is 0. The van der Waals surface area contributed by atoms with Crippen LogP contribution in [0.1, 0.15) is 41.6 Å². The summed E-state index contributed by atoms with van der Waals surface area (Å²) in [4.78, 5) is 39.2. The molecule has 0 spiro atoms. The Morgan fingerprint density at radius 1 is 1.09 bits per heavy atom. The first-order chi connectivity index (χ1) is 15.4. The Morgan fingerprint density at radius 2 is 1.84 bits per heavy atom.